The molecule has 0 aromatic rings. The average molecular weight is 224 g/mol. The lowest BCUT2D eigenvalue weighted by Gasteiger charge is -2.49. The maximum Gasteiger partial charge on any atom is 0.246 e. The molecule has 2 atom stereocenters. The van der Waals surface area contributed by atoms with Gasteiger partial charge in [-0.15, -0.1) is 0 Å². The third-order valence-corrected chi connectivity index (χ3v) is 3.31. The number of piperazine rings is 1. The largest absolute Gasteiger partial charge is 0.334 e. The van der Waals surface area contributed by atoms with Crippen LogP contribution in [0.5, 0.6) is 0 Å². The van der Waals surface area contributed by atoms with Gasteiger partial charge >= 0.3 is 0 Å². The second-order valence-electron chi connectivity index (χ2n) is 5.72. The zero-order chi connectivity index (χ0) is 12.5. The van der Waals surface area contributed by atoms with Gasteiger partial charge in [0, 0.05) is 30.7 Å². The monoisotopic (exact) mass is 224 g/mol. The number of rotatable bonds is 1. The number of carbonyl (C=O) groups is 1. The Kier molecular flexibility index (Phi) is 3.79. The molecule has 0 N–H and O–H groups in total. The summed E-state index contributed by atoms with van der Waals surface area (Å²) in [7, 11) is 0. The molecule has 0 aliphatic carbocycles. The SMILES string of the molecule is C=CC(=O)N1C[C@H](C)N(C(C)(C)C)C[C@H]1C. The second-order valence-corrected chi connectivity index (χ2v) is 5.72. The van der Waals surface area contributed by atoms with Crippen LogP contribution in [0.1, 0.15) is 34.6 Å². The second kappa shape index (κ2) is 4.58. The molecule has 0 aromatic heterocycles. The van der Waals surface area contributed by atoms with Crippen LogP contribution >= 0.6 is 0 Å². The number of carbonyl (C=O) groups excluding carboxylic acids is 1. The topological polar surface area (TPSA) is 23.6 Å². The van der Waals surface area contributed by atoms with Gasteiger partial charge in [-0.25, -0.2) is 0 Å². The lowest BCUT2D eigenvalue weighted by atomic mass is 9.98. The zero-order valence-corrected chi connectivity index (χ0v) is 11.2. The summed E-state index contributed by atoms with van der Waals surface area (Å²) < 4.78 is 0. The normalized spacial score (nSPS) is 27.9. The van der Waals surface area contributed by atoms with Gasteiger partial charge in [0.15, 0.2) is 0 Å². The van der Waals surface area contributed by atoms with Crippen molar-refractivity contribution < 1.29 is 4.79 Å². The van der Waals surface area contributed by atoms with Crippen LogP contribution in [0.2, 0.25) is 0 Å². The minimum absolute atomic E-state index is 0.0490. The highest BCUT2D eigenvalue weighted by molar-refractivity contribution is 5.87. The summed E-state index contributed by atoms with van der Waals surface area (Å²) in [5.41, 5.74) is 0.164. The van der Waals surface area contributed by atoms with Crippen molar-refractivity contribution in [3.05, 3.63) is 12.7 Å². The average Bonchev–Trinajstić information content (AvgIpc) is 2.18. The molecule has 3 nitrogen and oxygen atoms in total. The van der Waals surface area contributed by atoms with E-state index in [0.717, 1.165) is 13.1 Å². The van der Waals surface area contributed by atoms with Crippen molar-refractivity contribution in [2.45, 2.75) is 52.2 Å². The molecule has 1 aliphatic rings. The maximum absolute atomic E-state index is 11.7. The standard InChI is InChI=1S/C13H24N2O/c1-7-12(16)14-8-11(3)15(9-10(14)2)13(4,5)6/h7,10-11H,1,8-9H2,2-6H3/t10-,11+/m1/s1. The van der Waals surface area contributed by atoms with E-state index in [-0.39, 0.29) is 17.5 Å². The molecular weight excluding hydrogens is 200 g/mol. The van der Waals surface area contributed by atoms with E-state index in [2.05, 4.69) is 46.1 Å². The lowest BCUT2D eigenvalue weighted by Crippen LogP contribution is -2.62. The van der Waals surface area contributed by atoms with Gasteiger partial charge in [-0.05, 0) is 40.7 Å². The highest BCUT2D eigenvalue weighted by Crippen LogP contribution is 2.23. The van der Waals surface area contributed by atoms with E-state index in [0.29, 0.717) is 6.04 Å². The van der Waals surface area contributed by atoms with Gasteiger partial charge < -0.3 is 4.90 Å². The van der Waals surface area contributed by atoms with E-state index in [1.165, 1.54) is 6.08 Å². The van der Waals surface area contributed by atoms with E-state index in [1.807, 2.05) is 4.90 Å². The molecule has 16 heavy (non-hydrogen) atoms. The van der Waals surface area contributed by atoms with E-state index in [9.17, 15) is 4.79 Å². The van der Waals surface area contributed by atoms with Crippen LogP contribution in [0.4, 0.5) is 0 Å². The summed E-state index contributed by atoms with van der Waals surface area (Å²) in [5, 5.41) is 0. The molecule has 0 spiro atoms. The van der Waals surface area contributed by atoms with Crippen LogP contribution in [0.3, 0.4) is 0 Å². The molecule has 0 radical (unpaired) electrons. The molecule has 3 heteroatoms. The summed E-state index contributed by atoms with van der Waals surface area (Å²) in [6.07, 6.45) is 1.41. The summed E-state index contributed by atoms with van der Waals surface area (Å²) in [5.74, 6) is 0.0490. The Bertz CT molecular complexity index is 280. The minimum Gasteiger partial charge on any atom is -0.334 e. The molecule has 1 aliphatic heterocycles. The first kappa shape index (κ1) is 13.2. The Labute approximate surface area is 99.1 Å². The van der Waals surface area contributed by atoms with Crippen molar-refractivity contribution in [3.8, 4) is 0 Å². The van der Waals surface area contributed by atoms with Crippen molar-refractivity contribution in [2.75, 3.05) is 13.1 Å². The van der Waals surface area contributed by atoms with E-state index >= 15 is 0 Å². The highest BCUT2D eigenvalue weighted by Gasteiger charge is 2.35. The Hall–Kier alpha value is -0.830. The minimum atomic E-state index is 0.0490. The van der Waals surface area contributed by atoms with E-state index in [1.54, 1.807) is 0 Å². The smallest absolute Gasteiger partial charge is 0.246 e. The number of nitrogens with zero attached hydrogens (tertiary/aromatic N) is 2. The van der Waals surface area contributed by atoms with Gasteiger partial charge in [0.1, 0.15) is 0 Å². The Morgan fingerprint density at radius 1 is 1.25 bits per heavy atom. The Morgan fingerprint density at radius 3 is 2.25 bits per heavy atom. The van der Waals surface area contributed by atoms with E-state index in [4.69, 9.17) is 0 Å². The summed E-state index contributed by atoms with van der Waals surface area (Å²) >= 11 is 0. The first-order valence-electron chi connectivity index (χ1n) is 5.97. The first-order chi connectivity index (χ1) is 7.27. The van der Waals surface area contributed by atoms with Crippen molar-refractivity contribution >= 4 is 5.91 Å². The van der Waals surface area contributed by atoms with Crippen molar-refractivity contribution in [3.63, 3.8) is 0 Å². The first-order valence-corrected chi connectivity index (χ1v) is 5.97. The summed E-state index contributed by atoms with van der Waals surface area (Å²) in [4.78, 5) is 16.0. The van der Waals surface area contributed by atoms with Gasteiger partial charge in [0.05, 0.1) is 0 Å². The summed E-state index contributed by atoms with van der Waals surface area (Å²) in [6, 6.07) is 0.668. The maximum atomic E-state index is 11.7. The number of hydrogen-bond acceptors (Lipinski definition) is 2. The van der Waals surface area contributed by atoms with E-state index < -0.39 is 0 Å². The fourth-order valence-electron chi connectivity index (χ4n) is 2.49. The molecule has 92 valence electrons. The molecule has 1 amide bonds. The van der Waals surface area contributed by atoms with Crippen molar-refractivity contribution in [2.24, 2.45) is 0 Å². The molecule has 0 saturated carbocycles. The van der Waals surface area contributed by atoms with Gasteiger partial charge in [-0.1, -0.05) is 6.58 Å². The Morgan fingerprint density at radius 2 is 1.81 bits per heavy atom. The quantitative estimate of drug-likeness (QED) is 0.635. The molecule has 0 bridgehead atoms. The van der Waals surface area contributed by atoms with Crippen LogP contribution in [0.25, 0.3) is 0 Å². The molecular formula is C13H24N2O. The number of hydrogen-bond donors (Lipinski definition) is 0. The van der Waals surface area contributed by atoms with Gasteiger partial charge in [0.2, 0.25) is 5.91 Å². The highest BCUT2D eigenvalue weighted by atomic mass is 16.2. The molecule has 0 aromatic carbocycles. The van der Waals surface area contributed by atoms with Crippen molar-refractivity contribution in [1.29, 1.82) is 0 Å². The predicted octanol–water partition coefficient (Wildman–Crippen LogP) is 1.89. The molecule has 1 fully saturated rings. The molecule has 1 heterocycles. The molecule has 0 unspecified atom stereocenters. The fourth-order valence-corrected chi connectivity index (χ4v) is 2.49. The van der Waals surface area contributed by atoms with Gasteiger partial charge in [0.25, 0.3) is 0 Å². The third kappa shape index (κ3) is 2.64. The predicted molar refractivity (Wildman–Crippen MR) is 67.3 cm³/mol. The van der Waals surface area contributed by atoms with Crippen LogP contribution in [0.15, 0.2) is 12.7 Å². The number of amides is 1. The van der Waals surface area contributed by atoms with Gasteiger partial charge in [-0.2, -0.15) is 0 Å². The van der Waals surface area contributed by atoms with Gasteiger partial charge in [-0.3, -0.25) is 9.69 Å². The van der Waals surface area contributed by atoms with Crippen molar-refractivity contribution in [1.82, 2.24) is 9.80 Å². The van der Waals surface area contributed by atoms with Crippen LogP contribution in [-0.2, 0) is 4.79 Å². The Balaban J connectivity index is 2.78. The van der Waals surface area contributed by atoms with Crippen LogP contribution in [-0.4, -0.2) is 46.4 Å². The third-order valence-electron chi connectivity index (χ3n) is 3.31. The molecule has 1 saturated heterocycles. The lowest BCUT2D eigenvalue weighted by molar-refractivity contribution is -0.133. The van der Waals surface area contributed by atoms with Crippen LogP contribution < -0.4 is 0 Å². The van der Waals surface area contributed by atoms with Crippen LogP contribution in [0, 0.1) is 0 Å². The fraction of sp³-hybridized carbons (Fsp3) is 0.769. The zero-order valence-electron chi connectivity index (χ0n) is 11.2. The summed E-state index contributed by atoms with van der Waals surface area (Å²) in [6.45, 7) is 16.2. The molecule has 1 rings (SSSR count).